The minimum Gasteiger partial charge on any atom is -0.305 e. The van der Waals surface area contributed by atoms with Gasteiger partial charge in [0.15, 0.2) is 5.82 Å². The summed E-state index contributed by atoms with van der Waals surface area (Å²) in [6.45, 7) is 0. The third kappa shape index (κ3) is 3.52. The van der Waals surface area contributed by atoms with E-state index < -0.39 is 17.7 Å². The number of carbonyl (C=O) groups excluding carboxylic acids is 1. The normalized spacial score (nSPS) is 10.3. The second-order valence-electron chi connectivity index (χ2n) is 4.74. The molecular weight excluding hydrogens is 302 g/mol. The highest BCUT2D eigenvalue weighted by molar-refractivity contribution is 5.99. The van der Waals surface area contributed by atoms with Gasteiger partial charge in [0.2, 0.25) is 0 Å². The molecule has 1 aromatic heterocycles. The number of amides is 2. The van der Waals surface area contributed by atoms with Gasteiger partial charge in [-0.3, -0.25) is 10.4 Å². The average Bonchev–Trinajstić information content (AvgIpc) is 2.99. The van der Waals surface area contributed by atoms with Crippen LogP contribution in [0.5, 0.6) is 0 Å². The molecular formula is C16H12F2N4O. The molecule has 2 aromatic carbocycles. The van der Waals surface area contributed by atoms with Crippen LogP contribution >= 0.6 is 0 Å². The molecule has 0 saturated heterocycles. The standard InChI is InChI=1S/C16H12F2N4O/c17-11-6-7-13(12(18)8-11)19-16(23)20-15-9-14(21-22-15)10-4-2-1-3-5-10/h1-9H,(H3,19,20,21,22,23). The summed E-state index contributed by atoms with van der Waals surface area (Å²) < 4.78 is 26.3. The topological polar surface area (TPSA) is 69.8 Å². The SMILES string of the molecule is O=C(Nc1cc(-c2ccccc2)[nH]n1)Nc1ccc(F)cc1F. The maximum Gasteiger partial charge on any atom is 0.324 e. The lowest BCUT2D eigenvalue weighted by molar-refractivity contribution is 0.262. The number of rotatable bonds is 3. The molecule has 0 fully saturated rings. The van der Waals surface area contributed by atoms with Crippen molar-refractivity contribution in [2.24, 2.45) is 0 Å². The minimum absolute atomic E-state index is 0.122. The molecule has 0 unspecified atom stereocenters. The van der Waals surface area contributed by atoms with Crippen LogP contribution in [0.15, 0.2) is 54.6 Å². The first-order chi connectivity index (χ1) is 11.1. The molecule has 0 aliphatic rings. The van der Waals surface area contributed by atoms with Crippen LogP contribution in [-0.4, -0.2) is 16.2 Å². The summed E-state index contributed by atoms with van der Waals surface area (Å²) in [5.41, 5.74) is 1.52. The molecule has 23 heavy (non-hydrogen) atoms. The zero-order valence-corrected chi connectivity index (χ0v) is 11.8. The van der Waals surface area contributed by atoms with Gasteiger partial charge in [-0.05, 0) is 17.7 Å². The Kier molecular flexibility index (Phi) is 4.01. The van der Waals surface area contributed by atoms with Crippen LogP contribution in [0.2, 0.25) is 0 Å². The molecule has 0 spiro atoms. The fourth-order valence-electron chi connectivity index (χ4n) is 2.01. The lowest BCUT2D eigenvalue weighted by Gasteiger charge is -2.06. The van der Waals surface area contributed by atoms with Gasteiger partial charge in [0.1, 0.15) is 11.6 Å². The lowest BCUT2D eigenvalue weighted by atomic mass is 10.2. The number of hydrogen-bond acceptors (Lipinski definition) is 2. The average molecular weight is 314 g/mol. The van der Waals surface area contributed by atoms with E-state index in [1.54, 1.807) is 6.07 Å². The molecule has 0 saturated carbocycles. The number of carbonyl (C=O) groups is 1. The van der Waals surface area contributed by atoms with E-state index in [0.717, 1.165) is 23.4 Å². The van der Waals surface area contributed by atoms with E-state index in [0.29, 0.717) is 6.07 Å². The zero-order valence-electron chi connectivity index (χ0n) is 11.8. The van der Waals surface area contributed by atoms with Crippen molar-refractivity contribution in [1.82, 2.24) is 10.2 Å². The Balaban J connectivity index is 1.68. The number of benzene rings is 2. The maximum absolute atomic E-state index is 13.5. The molecule has 0 aliphatic carbocycles. The lowest BCUT2D eigenvalue weighted by Crippen LogP contribution is -2.20. The molecule has 3 aromatic rings. The van der Waals surface area contributed by atoms with Crippen LogP contribution < -0.4 is 10.6 Å². The van der Waals surface area contributed by atoms with Gasteiger partial charge in [0.05, 0.1) is 11.4 Å². The molecule has 3 N–H and O–H groups in total. The molecule has 0 bridgehead atoms. The summed E-state index contributed by atoms with van der Waals surface area (Å²) >= 11 is 0. The van der Waals surface area contributed by atoms with Crippen molar-refractivity contribution in [2.75, 3.05) is 10.6 Å². The molecule has 5 nitrogen and oxygen atoms in total. The van der Waals surface area contributed by atoms with Gasteiger partial charge in [-0.25, -0.2) is 13.6 Å². The predicted molar refractivity (Wildman–Crippen MR) is 83.0 cm³/mol. The monoisotopic (exact) mass is 314 g/mol. The van der Waals surface area contributed by atoms with Crippen molar-refractivity contribution in [2.45, 2.75) is 0 Å². The van der Waals surface area contributed by atoms with Gasteiger partial charge in [0.25, 0.3) is 0 Å². The van der Waals surface area contributed by atoms with Crippen LogP contribution in [0.1, 0.15) is 0 Å². The second-order valence-corrected chi connectivity index (χ2v) is 4.74. The van der Waals surface area contributed by atoms with E-state index in [2.05, 4.69) is 20.8 Å². The van der Waals surface area contributed by atoms with E-state index >= 15 is 0 Å². The number of hydrogen-bond donors (Lipinski definition) is 3. The summed E-state index contributed by atoms with van der Waals surface area (Å²) in [5, 5.41) is 11.5. The number of nitrogens with one attached hydrogen (secondary N) is 3. The quantitative estimate of drug-likeness (QED) is 0.684. The van der Waals surface area contributed by atoms with Gasteiger partial charge < -0.3 is 5.32 Å². The van der Waals surface area contributed by atoms with Crippen molar-refractivity contribution in [3.8, 4) is 11.3 Å². The number of aromatic amines is 1. The van der Waals surface area contributed by atoms with Gasteiger partial charge >= 0.3 is 6.03 Å². The van der Waals surface area contributed by atoms with E-state index in [1.807, 2.05) is 30.3 Å². The van der Waals surface area contributed by atoms with Crippen molar-refractivity contribution >= 4 is 17.5 Å². The summed E-state index contributed by atoms with van der Waals surface area (Å²) in [6, 6.07) is 13.3. The molecule has 2 amide bonds. The second kappa shape index (κ2) is 6.27. The smallest absolute Gasteiger partial charge is 0.305 e. The molecule has 116 valence electrons. The molecule has 0 radical (unpaired) electrons. The molecule has 3 rings (SSSR count). The summed E-state index contributed by atoms with van der Waals surface area (Å²) in [4.78, 5) is 11.8. The van der Waals surface area contributed by atoms with Crippen LogP contribution in [0.4, 0.5) is 25.1 Å². The zero-order chi connectivity index (χ0) is 16.2. The van der Waals surface area contributed by atoms with Crippen LogP contribution in [-0.2, 0) is 0 Å². The number of halogens is 2. The van der Waals surface area contributed by atoms with Crippen molar-refractivity contribution in [3.63, 3.8) is 0 Å². The van der Waals surface area contributed by atoms with Gasteiger partial charge in [0, 0.05) is 12.1 Å². The van der Waals surface area contributed by atoms with Crippen LogP contribution in [0.25, 0.3) is 11.3 Å². The fourth-order valence-corrected chi connectivity index (χ4v) is 2.01. The van der Waals surface area contributed by atoms with Crippen LogP contribution in [0.3, 0.4) is 0 Å². The summed E-state index contributed by atoms with van der Waals surface area (Å²) in [5.74, 6) is -1.29. The van der Waals surface area contributed by atoms with Gasteiger partial charge in [-0.2, -0.15) is 5.10 Å². The summed E-state index contributed by atoms with van der Waals surface area (Å²) in [6.07, 6.45) is 0. The van der Waals surface area contributed by atoms with E-state index in [9.17, 15) is 13.6 Å². The number of anilines is 2. The van der Waals surface area contributed by atoms with Crippen molar-refractivity contribution in [1.29, 1.82) is 0 Å². The first-order valence-electron chi connectivity index (χ1n) is 6.76. The highest BCUT2D eigenvalue weighted by atomic mass is 19.1. The van der Waals surface area contributed by atoms with Crippen molar-refractivity contribution in [3.05, 3.63) is 66.2 Å². The molecule has 0 aliphatic heterocycles. The number of urea groups is 1. The van der Waals surface area contributed by atoms with E-state index in [1.165, 1.54) is 0 Å². The molecule has 1 heterocycles. The highest BCUT2D eigenvalue weighted by Crippen LogP contribution is 2.19. The summed E-state index contributed by atoms with van der Waals surface area (Å²) in [7, 11) is 0. The van der Waals surface area contributed by atoms with E-state index in [4.69, 9.17) is 0 Å². The number of H-pyrrole nitrogens is 1. The maximum atomic E-state index is 13.5. The molecule has 0 atom stereocenters. The third-order valence-corrected chi connectivity index (χ3v) is 3.08. The Bertz CT molecular complexity index is 833. The third-order valence-electron chi connectivity index (χ3n) is 3.08. The van der Waals surface area contributed by atoms with Gasteiger partial charge in [-0.15, -0.1) is 0 Å². The molecule has 7 heteroatoms. The largest absolute Gasteiger partial charge is 0.324 e. The Hall–Kier alpha value is -3.22. The predicted octanol–water partition coefficient (Wildman–Crippen LogP) is 4.00. The van der Waals surface area contributed by atoms with Crippen LogP contribution in [0, 0.1) is 11.6 Å². The minimum atomic E-state index is -0.854. The Labute approximate surface area is 130 Å². The van der Waals surface area contributed by atoms with Gasteiger partial charge in [-0.1, -0.05) is 30.3 Å². The highest BCUT2D eigenvalue weighted by Gasteiger charge is 2.10. The first kappa shape index (κ1) is 14.7. The first-order valence-corrected chi connectivity index (χ1v) is 6.76. The number of nitrogens with zero attached hydrogens (tertiary/aromatic N) is 1. The Morgan fingerprint density at radius 2 is 1.78 bits per heavy atom. The fraction of sp³-hybridized carbons (Fsp3) is 0. The Morgan fingerprint density at radius 3 is 2.52 bits per heavy atom. The van der Waals surface area contributed by atoms with Crippen molar-refractivity contribution < 1.29 is 13.6 Å². The van der Waals surface area contributed by atoms with E-state index in [-0.39, 0.29) is 11.5 Å². The number of aromatic nitrogens is 2. The Morgan fingerprint density at radius 1 is 1.00 bits per heavy atom.